The van der Waals surface area contributed by atoms with E-state index in [0.717, 1.165) is 16.9 Å². The molecular weight excluding hydrogens is 425 g/mol. The smallest absolute Gasteiger partial charge is 0.422 e. The van der Waals surface area contributed by atoms with Crippen LogP contribution in [0, 0.1) is 5.92 Å². The number of carboxylic acids is 1. The SMILES string of the molecule is CSc1ccc(-c2cc(C3CC3CCC(=O)O)cc(Cl)c2OCC(F)(F)F)cc1. The first-order valence-corrected chi connectivity index (χ1v) is 10.7. The highest BCUT2D eigenvalue weighted by molar-refractivity contribution is 7.98. The van der Waals surface area contributed by atoms with Gasteiger partial charge in [0.05, 0.1) is 5.02 Å². The third-order valence-electron chi connectivity index (χ3n) is 4.93. The molecule has 1 aliphatic rings. The van der Waals surface area contributed by atoms with E-state index in [-0.39, 0.29) is 29.0 Å². The van der Waals surface area contributed by atoms with Crippen molar-refractivity contribution in [2.45, 2.75) is 36.3 Å². The Kier molecular flexibility index (Phi) is 6.69. The van der Waals surface area contributed by atoms with Crippen LogP contribution in [0.1, 0.15) is 30.7 Å². The summed E-state index contributed by atoms with van der Waals surface area (Å²) in [7, 11) is 0. The molecule has 3 nitrogen and oxygen atoms in total. The topological polar surface area (TPSA) is 46.5 Å². The minimum absolute atomic E-state index is 0.00683. The van der Waals surface area contributed by atoms with Gasteiger partial charge in [-0.15, -0.1) is 11.8 Å². The largest absolute Gasteiger partial charge is 0.482 e. The summed E-state index contributed by atoms with van der Waals surface area (Å²) < 4.78 is 43.2. The molecule has 0 aromatic heterocycles. The molecule has 0 saturated heterocycles. The average molecular weight is 445 g/mol. The Labute approximate surface area is 176 Å². The van der Waals surface area contributed by atoms with Crippen molar-refractivity contribution in [2.75, 3.05) is 12.9 Å². The molecular formula is C21H20ClF3O3S. The summed E-state index contributed by atoms with van der Waals surface area (Å²) in [6.45, 7) is -1.42. The number of hydrogen-bond acceptors (Lipinski definition) is 3. The predicted molar refractivity (Wildman–Crippen MR) is 108 cm³/mol. The molecule has 2 aromatic rings. The van der Waals surface area contributed by atoms with Crippen LogP contribution in [0.4, 0.5) is 13.2 Å². The van der Waals surface area contributed by atoms with Crippen LogP contribution in [0.25, 0.3) is 11.1 Å². The predicted octanol–water partition coefficient (Wildman–Crippen LogP) is 6.64. The Bertz CT molecular complexity index is 884. The Morgan fingerprint density at radius 1 is 1.28 bits per heavy atom. The molecule has 0 aliphatic heterocycles. The lowest BCUT2D eigenvalue weighted by Crippen LogP contribution is -2.19. The molecule has 0 radical (unpaired) electrons. The summed E-state index contributed by atoms with van der Waals surface area (Å²) in [6, 6.07) is 10.9. The second-order valence-corrected chi connectivity index (χ2v) is 8.33. The molecule has 1 saturated carbocycles. The van der Waals surface area contributed by atoms with Gasteiger partial charge >= 0.3 is 12.1 Å². The summed E-state index contributed by atoms with van der Waals surface area (Å²) >= 11 is 7.89. The molecule has 3 rings (SSSR count). The van der Waals surface area contributed by atoms with E-state index in [0.29, 0.717) is 17.5 Å². The first-order chi connectivity index (χ1) is 13.7. The standard InChI is InChI=1S/C21H20ClF3O3S/c1-29-15-5-2-12(3-6-15)17-9-14(16-8-13(16)4-7-19(26)27)10-18(22)20(17)28-11-21(23,24)25/h2-3,5-6,9-10,13,16H,4,7-8,11H2,1H3,(H,26,27). The Morgan fingerprint density at radius 3 is 2.55 bits per heavy atom. The fourth-order valence-electron chi connectivity index (χ4n) is 3.40. The maximum absolute atomic E-state index is 12.7. The van der Waals surface area contributed by atoms with E-state index in [2.05, 4.69) is 0 Å². The number of hydrogen-bond donors (Lipinski definition) is 1. The lowest BCUT2D eigenvalue weighted by Gasteiger charge is -2.17. The van der Waals surface area contributed by atoms with Gasteiger partial charge in [-0.1, -0.05) is 23.7 Å². The highest BCUT2D eigenvalue weighted by Gasteiger charge is 2.39. The zero-order valence-corrected chi connectivity index (χ0v) is 17.2. The van der Waals surface area contributed by atoms with Gasteiger partial charge in [0, 0.05) is 16.9 Å². The minimum atomic E-state index is -4.47. The monoisotopic (exact) mass is 444 g/mol. The van der Waals surface area contributed by atoms with Crippen LogP contribution in [0.5, 0.6) is 5.75 Å². The van der Waals surface area contributed by atoms with Gasteiger partial charge in [0.2, 0.25) is 0 Å². The fourth-order valence-corrected chi connectivity index (χ4v) is 4.09. The van der Waals surface area contributed by atoms with Crippen molar-refractivity contribution < 1.29 is 27.8 Å². The summed E-state index contributed by atoms with van der Waals surface area (Å²) in [4.78, 5) is 11.8. The molecule has 156 valence electrons. The van der Waals surface area contributed by atoms with Crippen LogP contribution in [-0.4, -0.2) is 30.1 Å². The summed E-state index contributed by atoms with van der Waals surface area (Å²) in [6.07, 6.45) is -1.02. The van der Waals surface area contributed by atoms with Crippen LogP contribution in [-0.2, 0) is 4.79 Å². The fraction of sp³-hybridized carbons (Fsp3) is 0.381. The molecule has 0 heterocycles. The molecule has 2 aromatic carbocycles. The van der Waals surface area contributed by atoms with E-state index in [1.165, 1.54) is 0 Å². The summed E-state index contributed by atoms with van der Waals surface area (Å²) in [5, 5.41) is 8.98. The number of carboxylic acid groups (broad SMARTS) is 1. The number of carbonyl (C=O) groups is 1. The molecule has 1 fully saturated rings. The first kappa shape index (κ1) is 21.8. The van der Waals surface area contributed by atoms with E-state index in [1.54, 1.807) is 17.8 Å². The van der Waals surface area contributed by atoms with Gasteiger partial charge in [-0.2, -0.15) is 13.2 Å². The van der Waals surface area contributed by atoms with Crippen LogP contribution in [0.2, 0.25) is 5.02 Å². The minimum Gasteiger partial charge on any atom is -0.482 e. The van der Waals surface area contributed by atoms with Crippen LogP contribution in [0.3, 0.4) is 0 Å². The third kappa shape index (κ3) is 5.82. The third-order valence-corrected chi connectivity index (χ3v) is 5.95. The molecule has 0 amide bonds. The number of ether oxygens (including phenoxy) is 1. The Hall–Kier alpha value is -1.86. The van der Waals surface area contributed by atoms with Crippen molar-refractivity contribution in [1.29, 1.82) is 0 Å². The Balaban J connectivity index is 1.92. The highest BCUT2D eigenvalue weighted by Crippen LogP contribution is 2.52. The van der Waals surface area contributed by atoms with Gasteiger partial charge in [0.15, 0.2) is 6.61 Å². The molecule has 2 unspecified atom stereocenters. The Morgan fingerprint density at radius 2 is 1.97 bits per heavy atom. The molecule has 1 aliphatic carbocycles. The zero-order chi connectivity index (χ0) is 21.2. The van der Waals surface area contributed by atoms with E-state index < -0.39 is 18.8 Å². The van der Waals surface area contributed by atoms with Crippen molar-refractivity contribution >= 4 is 29.3 Å². The van der Waals surface area contributed by atoms with Gasteiger partial charge in [0.1, 0.15) is 5.75 Å². The quantitative estimate of drug-likeness (QED) is 0.464. The zero-order valence-electron chi connectivity index (χ0n) is 15.6. The van der Waals surface area contributed by atoms with Crippen LogP contribution >= 0.6 is 23.4 Å². The lowest BCUT2D eigenvalue weighted by molar-refractivity contribution is -0.153. The van der Waals surface area contributed by atoms with Gasteiger partial charge in [-0.05, 0) is 66.3 Å². The molecule has 0 spiro atoms. The molecule has 8 heteroatoms. The number of rotatable bonds is 8. The number of benzene rings is 2. The van der Waals surface area contributed by atoms with E-state index in [4.69, 9.17) is 21.4 Å². The maximum atomic E-state index is 12.7. The van der Waals surface area contributed by atoms with Crippen LogP contribution in [0.15, 0.2) is 41.3 Å². The normalized spacial score (nSPS) is 18.5. The van der Waals surface area contributed by atoms with Crippen LogP contribution < -0.4 is 4.74 Å². The van der Waals surface area contributed by atoms with E-state index in [1.807, 2.05) is 36.6 Å². The molecule has 1 N–H and O–H groups in total. The van der Waals surface area contributed by atoms with Gasteiger partial charge in [0.25, 0.3) is 0 Å². The van der Waals surface area contributed by atoms with Crippen molar-refractivity contribution in [1.82, 2.24) is 0 Å². The molecule has 0 bridgehead atoms. The van der Waals surface area contributed by atoms with Crippen molar-refractivity contribution in [3.05, 3.63) is 47.0 Å². The van der Waals surface area contributed by atoms with Crippen molar-refractivity contribution in [3.63, 3.8) is 0 Å². The van der Waals surface area contributed by atoms with Gasteiger partial charge in [-0.3, -0.25) is 4.79 Å². The second kappa shape index (κ2) is 8.88. The van der Waals surface area contributed by atoms with Crippen molar-refractivity contribution in [2.24, 2.45) is 5.92 Å². The van der Waals surface area contributed by atoms with Gasteiger partial charge < -0.3 is 9.84 Å². The second-order valence-electron chi connectivity index (χ2n) is 7.05. The lowest BCUT2D eigenvalue weighted by atomic mass is 9.98. The average Bonchev–Trinajstić information content (AvgIpc) is 3.44. The van der Waals surface area contributed by atoms with E-state index >= 15 is 0 Å². The number of halogens is 4. The number of thioether (sulfide) groups is 1. The first-order valence-electron chi connectivity index (χ1n) is 9.07. The number of aliphatic carboxylic acids is 1. The maximum Gasteiger partial charge on any atom is 0.422 e. The van der Waals surface area contributed by atoms with Gasteiger partial charge in [-0.25, -0.2) is 0 Å². The van der Waals surface area contributed by atoms with E-state index in [9.17, 15) is 18.0 Å². The molecule has 2 atom stereocenters. The summed E-state index contributed by atoms with van der Waals surface area (Å²) in [5.41, 5.74) is 2.12. The molecule has 29 heavy (non-hydrogen) atoms. The summed E-state index contributed by atoms with van der Waals surface area (Å²) in [5.74, 6) is -0.421. The number of alkyl halides is 3. The highest BCUT2D eigenvalue weighted by atomic mass is 35.5. The van der Waals surface area contributed by atoms with Crippen molar-refractivity contribution in [3.8, 4) is 16.9 Å².